The minimum atomic E-state index is -4.77. The third kappa shape index (κ3) is 4.04. The van der Waals surface area contributed by atoms with Gasteiger partial charge in [-0.05, 0) is 43.4 Å². The number of halogens is 4. The van der Waals surface area contributed by atoms with Crippen LogP contribution in [0.4, 0.5) is 22.4 Å². The van der Waals surface area contributed by atoms with E-state index >= 15 is 0 Å². The van der Waals surface area contributed by atoms with E-state index in [0.29, 0.717) is 30.4 Å². The number of benzene rings is 1. The third-order valence-electron chi connectivity index (χ3n) is 5.69. The second kappa shape index (κ2) is 7.99. The first-order valence-electron chi connectivity index (χ1n) is 9.93. The van der Waals surface area contributed by atoms with E-state index in [1.807, 2.05) is 0 Å². The van der Waals surface area contributed by atoms with Gasteiger partial charge in [0.1, 0.15) is 5.82 Å². The molecule has 1 aromatic carbocycles. The number of aromatic nitrogens is 2. The molecule has 3 heterocycles. The number of amides is 1. The molecule has 1 fully saturated rings. The SMILES string of the molecule is C=C(c1ccc(F)cc1C(F)(F)F)c1nn(C2CCCCO2)c2c1CCN(C(=O)O)C2. The summed E-state index contributed by atoms with van der Waals surface area (Å²) in [4.78, 5) is 12.7. The van der Waals surface area contributed by atoms with Crippen LogP contribution in [0, 0.1) is 5.82 Å². The van der Waals surface area contributed by atoms with E-state index in [2.05, 4.69) is 11.7 Å². The van der Waals surface area contributed by atoms with Crippen molar-refractivity contribution in [1.82, 2.24) is 14.7 Å². The zero-order valence-corrected chi connectivity index (χ0v) is 16.6. The number of carbonyl (C=O) groups is 1. The molecule has 10 heteroatoms. The van der Waals surface area contributed by atoms with Crippen molar-refractivity contribution in [3.05, 3.63) is 58.7 Å². The Labute approximate surface area is 175 Å². The van der Waals surface area contributed by atoms with Crippen molar-refractivity contribution in [3.63, 3.8) is 0 Å². The van der Waals surface area contributed by atoms with Gasteiger partial charge in [-0.15, -0.1) is 0 Å². The molecule has 1 saturated heterocycles. The minimum Gasteiger partial charge on any atom is -0.465 e. The van der Waals surface area contributed by atoms with Crippen LogP contribution in [0.1, 0.15) is 53.6 Å². The number of ether oxygens (including phenoxy) is 1. The largest absolute Gasteiger partial charge is 0.465 e. The van der Waals surface area contributed by atoms with Crippen LogP contribution < -0.4 is 0 Å². The summed E-state index contributed by atoms with van der Waals surface area (Å²) < 4.78 is 61.6. The highest BCUT2D eigenvalue weighted by Gasteiger charge is 2.37. The lowest BCUT2D eigenvalue weighted by Crippen LogP contribution is -2.36. The summed E-state index contributed by atoms with van der Waals surface area (Å²) in [5, 5.41) is 13.9. The van der Waals surface area contributed by atoms with E-state index in [1.54, 1.807) is 4.68 Å². The van der Waals surface area contributed by atoms with Gasteiger partial charge in [0.05, 0.1) is 23.5 Å². The molecule has 31 heavy (non-hydrogen) atoms. The average molecular weight is 439 g/mol. The van der Waals surface area contributed by atoms with Gasteiger partial charge >= 0.3 is 12.3 Å². The van der Waals surface area contributed by atoms with Crippen molar-refractivity contribution in [2.24, 2.45) is 0 Å². The van der Waals surface area contributed by atoms with E-state index < -0.39 is 29.9 Å². The molecule has 166 valence electrons. The number of carboxylic acid groups (broad SMARTS) is 1. The molecule has 1 unspecified atom stereocenters. The van der Waals surface area contributed by atoms with Gasteiger partial charge in [-0.3, -0.25) is 0 Å². The molecule has 2 aromatic rings. The van der Waals surface area contributed by atoms with Crippen molar-refractivity contribution in [3.8, 4) is 0 Å². The molecule has 0 radical (unpaired) electrons. The van der Waals surface area contributed by atoms with E-state index in [4.69, 9.17) is 4.74 Å². The van der Waals surface area contributed by atoms with E-state index in [1.165, 1.54) is 4.90 Å². The molecule has 0 aliphatic carbocycles. The van der Waals surface area contributed by atoms with Gasteiger partial charge in [-0.1, -0.05) is 12.6 Å². The summed E-state index contributed by atoms with van der Waals surface area (Å²) in [6, 6.07) is 2.45. The van der Waals surface area contributed by atoms with E-state index in [-0.39, 0.29) is 36.3 Å². The maximum absolute atomic E-state index is 13.6. The zero-order chi connectivity index (χ0) is 22.3. The predicted molar refractivity (Wildman–Crippen MR) is 103 cm³/mol. The molecule has 0 bridgehead atoms. The second-order valence-electron chi connectivity index (χ2n) is 7.66. The van der Waals surface area contributed by atoms with Gasteiger partial charge in [0.25, 0.3) is 0 Å². The molecule has 1 atom stereocenters. The molecule has 2 aliphatic heterocycles. The fourth-order valence-electron chi connectivity index (χ4n) is 4.14. The van der Waals surface area contributed by atoms with E-state index in [9.17, 15) is 27.5 Å². The highest BCUT2D eigenvalue weighted by molar-refractivity contribution is 5.80. The van der Waals surface area contributed by atoms with Crippen LogP contribution in [0.25, 0.3) is 5.57 Å². The maximum Gasteiger partial charge on any atom is 0.417 e. The topological polar surface area (TPSA) is 67.6 Å². The van der Waals surface area contributed by atoms with Crippen LogP contribution in [0.15, 0.2) is 24.8 Å². The summed E-state index contributed by atoms with van der Waals surface area (Å²) in [5.41, 5.74) is 0.124. The van der Waals surface area contributed by atoms with Crippen molar-refractivity contribution >= 4 is 11.7 Å². The van der Waals surface area contributed by atoms with Crippen molar-refractivity contribution in [1.29, 1.82) is 0 Å². The normalized spacial score (nSPS) is 19.2. The van der Waals surface area contributed by atoms with E-state index in [0.717, 1.165) is 25.0 Å². The predicted octanol–water partition coefficient (Wildman–Crippen LogP) is 4.84. The summed E-state index contributed by atoms with van der Waals surface area (Å²) >= 11 is 0. The van der Waals surface area contributed by atoms with Gasteiger partial charge < -0.3 is 14.7 Å². The van der Waals surface area contributed by atoms with Crippen LogP contribution in [-0.2, 0) is 23.9 Å². The summed E-state index contributed by atoms with van der Waals surface area (Å²) in [7, 11) is 0. The maximum atomic E-state index is 13.6. The molecule has 1 N–H and O–H groups in total. The van der Waals surface area contributed by atoms with Crippen LogP contribution in [-0.4, -0.2) is 39.0 Å². The number of rotatable bonds is 3. The van der Waals surface area contributed by atoms with Crippen LogP contribution in [0.3, 0.4) is 0 Å². The van der Waals surface area contributed by atoms with Crippen LogP contribution in [0.5, 0.6) is 0 Å². The van der Waals surface area contributed by atoms with Gasteiger partial charge in [0, 0.05) is 24.3 Å². The lowest BCUT2D eigenvalue weighted by atomic mass is 9.93. The second-order valence-corrected chi connectivity index (χ2v) is 7.66. The first kappa shape index (κ1) is 21.4. The first-order chi connectivity index (χ1) is 14.7. The molecule has 0 saturated carbocycles. The highest BCUT2D eigenvalue weighted by atomic mass is 19.4. The Kier molecular flexibility index (Phi) is 5.50. The average Bonchev–Trinajstić information content (AvgIpc) is 3.12. The number of hydrogen-bond donors (Lipinski definition) is 1. The highest BCUT2D eigenvalue weighted by Crippen LogP contribution is 2.39. The Morgan fingerprint density at radius 3 is 2.71 bits per heavy atom. The monoisotopic (exact) mass is 439 g/mol. The lowest BCUT2D eigenvalue weighted by molar-refractivity contribution is -0.137. The number of nitrogens with zero attached hydrogens (tertiary/aromatic N) is 3. The number of hydrogen-bond acceptors (Lipinski definition) is 3. The quantitative estimate of drug-likeness (QED) is 0.696. The fourth-order valence-corrected chi connectivity index (χ4v) is 4.14. The molecular weight excluding hydrogens is 418 g/mol. The third-order valence-corrected chi connectivity index (χ3v) is 5.69. The molecule has 6 nitrogen and oxygen atoms in total. The Morgan fingerprint density at radius 1 is 1.29 bits per heavy atom. The molecule has 1 aromatic heterocycles. The van der Waals surface area contributed by atoms with Gasteiger partial charge in [-0.2, -0.15) is 18.3 Å². The van der Waals surface area contributed by atoms with Crippen molar-refractivity contribution in [2.75, 3.05) is 13.2 Å². The van der Waals surface area contributed by atoms with Gasteiger partial charge in [-0.25, -0.2) is 13.9 Å². The standard InChI is InChI=1S/C21H21F4N3O3/c1-12(14-6-5-13(22)10-16(14)21(23,24)25)19-15-7-8-27(20(29)30)11-17(15)28(26-19)18-4-2-3-9-31-18/h5-6,10,18H,1-4,7-9,11H2,(H,29,30). The minimum absolute atomic E-state index is 0.0157. The molecule has 0 spiro atoms. The lowest BCUT2D eigenvalue weighted by Gasteiger charge is -2.29. The first-order valence-corrected chi connectivity index (χ1v) is 9.93. The number of fused-ring (bicyclic) bond motifs is 1. The summed E-state index contributed by atoms with van der Waals surface area (Å²) in [6.45, 7) is 4.62. The Morgan fingerprint density at radius 2 is 2.06 bits per heavy atom. The number of alkyl halides is 3. The Hall–Kier alpha value is -2.88. The van der Waals surface area contributed by atoms with Crippen LogP contribution in [0.2, 0.25) is 0 Å². The van der Waals surface area contributed by atoms with Crippen LogP contribution >= 0.6 is 0 Å². The summed E-state index contributed by atoms with van der Waals surface area (Å²) in [5.74, 6) is -0.996. The molecule has 1 amide bonds. The smallest absolute Gasteiger partial charge is 0.417 e. The van der Waals surface area contributed by atoms with Crippen molar-refractivity contribution < 1.29 is 32.2 Å². The Bertz CT molecular complexity index is 1030. The molecule has 2 aliphatic rings. The van der Waals surface area contributed by atoms with Crippen molar-refractivity contribution in [2.45, 2.75) is 44.6 Å². The fraction of sp³-hybridized carbons (Fsp3) is 0.429. The Balaban J connectivity index is 1.81. The van der Waals surface area contributed by atoms with Gasteiger partial charge in [0.15, 0.2) is 6.23 Å². The zero-order valence-electron chi connectivity index (χ0n) is 16.6. The van der Waals surface area contributed by atoms with Gasteiger partial charge in [0.2, 0.25) is 0 Å². The summed E-state index contributed by atoms with van der Waals surface area (Å²) in [6.07, 6.45) is -3.54. The molecular formula is C21H21F4N3O3. The molecule has 4 rings (SSSR count).